The highest BCUT2D eigenvalue weighted by atomic mass is 16.2. The molecule has 1 rings (SSSR count). The molecule has 1 aliphatic heterocycles. The van der Waals surface area contributed by atoms with E-state index in [0.717, 1.165) is 25.8 Å². The lowest BCUT2D eigenvalue weighted by Crippen LogP contribution is -2.34. The molecule has 1 fully saturated rings. The van der Waals surface area contributed by atoms with Crippen LogP contribution < -0.4 is 0 Å². The van der Waals surface area contributed by atoms with Crippen molar-refractivity contribution in [2.45, 2.75) is 39.5 Å². The summed E-state index contributed by atoms with van der Waals surface area (Å²) < 4.78 is 0. The van der Waals surface area contributed by atoms with Gasteiger partial charge in [0.25, 0.3) is 0 Å². The molecular weight excluding hydrogens is 228 g/mol. The quantitative estimate of drug-likeness (QED) is 0.650. The lowest BCUT2D eigenvalue weighted by Gasteiger charge is -2.19. The first-order valence-corrected chi connectivity index (χ1v) is 6.96. The van der Waals surface area contributed by atoms with Gasteiger partial charge in [-0.2, -0.15) is 0 Å². The van der Waals surface area contributed by atoms with Gasteiger partial charge >= 0.3 is 0 Å². The van der Waals surface area contributed by atoms with E-state index >= 15 is 0 Å². The molecule has 0 aromatic heterocycles. The van der Waals surface area contributed by atoms with Crippen LogP contribution in [-0.4, -0.2) is 48.8 Å². The molecule has 0 radical (unpaired) electrons. The van der Waals surface area contributed by atoms with E-state index in [2.05, 4.69) is 18.7 Å². The molecule has 1 saturated heterocycles. The highest BCUT2D eigenvalue weighted by Crippen LogP contribution is 2.29. The largest absolute Gasteiger partial charge is 0.309 e. The number of carbonyl (C=O) groups excluding carboxylic acids is 2. The zero-order valence-electron chi connectivity index (χ0n) is 12.1. The Labute approximate surface area is 110 Å². The van der Waals surface area contributed by atoms with Crippen molar-refractivity contribution in [3.63, 3.8) is 0 Å². The second-order valence-electron chi connectivity index (χ2n) is 5.62. The van der Waals surface area contributed by atoms with Gasteiger partial charge in [0, 0.05) is 18.9 Å². The molecule has 2 amide bonds. The maximum absolute atomic E-state index is 12.2. The predicted octanol–water partition coefficient (Wildman–Crippen LogP) is 1.75. The molecule has 1 aliphatic rings. The van der Waals surface area contributed by atoms with Crippen molar-refractivity contribution < 1.29 is 9.59 Å². The molecule has 2 atom stereocenters. The van der Waals surface area contributed by atoms with E-state index in [4.69, 9.17) is 0 Å². The van der Waals surface area contributed by atoms with Gasteiger partial charge in [0.05, 0.1) is 0 Å². The maximum Gasteiger partial charge on any atom is 0.233 e. The number of hydrogen-bond acceptors (Lipinski definition) is 3. The van der Waals surface area contributed by atoms with E-state index in [1.54, 1.807) is 0 Å². The Morgan fingerprint density at radius 1 is 1.39 bits per heavy atom. The second kappa shape index (κ2) is 6.88. The van der Waals surface area contributed by atoms with E-state index in [9.17, 15) is 9.59 Å². The topological polar surface area (TPSA) is 40.6 Å². The number of rotatable bonds is 7. The molecule has 2 unspecified atom stereocenters. The average molecular weight is 254 g/mol. The Bertz CT molecular complexity index is 302. The van der Waals surface area contributed by atoms with Crippen LogP contribution in [0.1, 0.15) is 39.5 Å². The average Bonchev–Trinajstić information content (AvgIpc) is 2.56. The van der Waals surface area contributed by atoms with Crippen LogP contribution in [0.2, 0.25) is 0 Å². The molecule has 4 heteroatoms. The van der Waals surface area contributed by atoms with Crippen molar-refractivity contribution in [2.75, 3.05) is 27.2 Å². The molecule has 1 heterocycles. The first-order chi connectivity index (χ1) is 8.47. The Morgan fingerprint density at radius 2 is 2.06 bits per heavy atom. The normalized spacial score (nSPS) is 22.1. The van der Waals surface area contributed by atoms with Crippen LogP contribution in [-0.2, 0) is 9.59 Å². The van der Waals surface area contributed by atoms with Gasteiger partial charge in [-0.3, -0.25) is 14.5 Å². The first kappa shape index (κ1) is 15.2. The van der Waals surface area contributed by atoms with Gasteiger partial charge in [0.1, 0.15) is 0 Å². The van der Waals surface area contributed by atoms with E-state index in [1.165, 1.54) is 4.90 Å². The van der Waals surface area contributed by atoms with Crippen LogP contribution in [0.15, 0.2) is 0 Å². The Balaban J connectivity index is 2.50. The van der Waals surface area contributed by atoms with Gasteiger partial charge in [-0.05, 0) is 33.0 Å². The van der Waals surface area contributed by atoms with Crippen LogP contribution >= 0.6 is 0 Å². The fraction of sp³-hybridized carbons (Fsp3) is 0.857. The van der Waals surface area contributed by atoms with Crippen molar-refractivity contribution in [2.24, 2.45) is 11.8 Å². The first-order valence-electron chi connectivity index (χ1n) is 6.96. The summed E-state index contributed by atoms with van der Waals surface area (Å²) in [5.74, 6) is 0.327. The molecule has 0 aromatic carbocycles. The number of imide groups is 1. The minimum Gasteiger partial charge on any atom is -0.309 e. The summed E-state index contributed by atoms with van der Waals surface area (Å²) in [6.07, 6.45) is 3.37. The lowest BCUT2D eigenvalue weighted by atomic mass is 9.89. The standard InChI is InChI=1S/C14H26N2O2/c1-5-7-11(2)12-10-13(17)16(14(12)18)9-6-8-15(3)4/h11-12H,5-10H2,1-4H3. The second-order valence-corrected chi connectivity index (χ2v) is 5.62. The lowest BCUT2D eigenvalue weighted by molar-refractivity contribution is -0.139. The zero-order chi connectivity index (χ0) is 13.7. The van der Waals surface area contributed by atoms with Crippen molar-refractivity contribution in [1.29, 1.82) is 0 Å². The number of carbonyl (C=O) groups is 2. The zero-order valence-corrected chi connectivity index (χ0v) is 12.1. The SMILES string of the molecule is CCCC(C)C1CC(=O)N(CCCN(C)C)C1=O. The monoisotopic (exact) mass is 254 g/mol. The van der Waals surface area contributed by atoms with Crippen LogP contribution in [0.25, 0.3) is 0 Å². The van der Waals surface area contributed by atoms with Crippen molar-refractivity contribution in [1.82, 2.24) is 9.80 Å². The molecule has 104 valence electrons. The number of hydrogen-bond donors (Lipinski definition) is 0. The maximum atomic E-state index is 12.2. The Hall–Kier alpha value is -0.900. The van der Waals surface area contributed by atoms with Crippen molar-refractivity contribution >= 4 is 11.8 Å². The van der Waals surface area contributed by atoms with Crippen molar-refractivity contribution in [3.8, 4) is 0 Å². The van der Waals surface area contributed by atoms with E-state index in [0.29, 0.717) is 18.9 Å². The molecule has 0 spiro atoms. The highest BCUT2D eigenvalue weighted by Gasteiger charge is 2.40. The minimum atomic E-state index is -0.0724. The highest BCUT2D eigenvalue weighted by molar-refractivity contribution is 6.03. The van der Waals surface area contributed by atoms with Gasteiger partial charge in [-0.1, -0.05) is 26.7 Å². The van der Waals surface area contributed by atoms with Crippen LogP contribution in [0.3, 0.4) is 0 Å². The molecule has 0 saturated carbocycles. The number of nitrogens with zero attached hydrogens (tertiary/aromatic N) is 2. The van der Waals surface area contributed by atoms with Gasteiger partial charge in [0.15, 0.2) is 0 Å². The van der Waals surface area contributed by atoms with Gasteiger partial charge in [-0.15, -0.1) is 0 Å². The molecular formula is C14H26N2O2. The molecule has 0 aliphatic carbocycles. The molecule has 0 N–H and O–H groups in total. The Kier molecular flexibility index (Phi) is 5.79. The van der Waals surface area contributed by atoms with Crippen molar-refractivity contribution in [3.05, 3.63) is 0 Å². The number of likely N-dealkylation sites (tertiary alicyclic amines) is 1. The molecule has 18 heavy (non-hydrogen) atoms. The third-order valence-corrected chi connectivity index (χ3v) is 3.70. The van der Waals surface area contributed by atoms with Gasteiger partial charge in [0.2, 0.25) is 11.8 Å². The van der Waals surface area contributed by atoms with E-state index in [-0.39, 0.29) is 17.7 Å². The summed E-state index contributed by atoms with van der Waals surface area (Å²) in [5.41, 5.74) is 0. The summed E-state index contributed by atoms with van der Waals surface area (Å²) in [7, 11) is 4.00. The fourth-order valence-corrected chi connectivity index (χ4v) is 2.59. The van der Waals surface area contributed by atoms with Crippen LogP contribution in [0.5, 0.6) is 0 Å². The smallest absolute Gasteiger partial charge is 0.233 e. The van der Waals surface area contributed by atoms with Gasteiger partial charge in [-0.25, -0.2) is 0 Å². The predicted molar refractivity (Wildman–Crippen MR) is 72.1 cm³/mol. The molecule has 0 aromatic rings. The van der Waals surface area contributed by atoms with E-state index < -0.39 is 0 Å². The van der Waals surface area contributed by atoms with Crippen LogP contribution in [0.4, 0.5) is 0 Å². The minimum absolute atomic E-state index is 0.0201. The summed E-state index contributed by atoms with van der Waals surface area (Å²) in [6.45, 7) is 5.69. The molecule has 4 nitrogen and oxygen atoms in total. The number of amides is 2. The molecule has 0 bridgehead atoms. The summed E-state index contributed by atoms with van der Waals surface area (Å²) in [6, 6.07) is 0. The summed E-state index contributed by atoms with van der Waals surface area (Å²) in [5, 5.41) is 0. The van der Waals surface area contributed by atoms with Crippen LogP contribution in [0, 0.1) is 11.8 Å². The van der Waals surface area contributed by atoms with Gasteiger partial charge < -0.3 is 4.90 Å². The summed E-state index contributed by atoms with van der Waals surface area (Å²) in [4.78, 5) is 27.6. The fourth-order valence-electron chi connectivity index (χ4n) is 2.59. The Morgan fingerprint density at radius 3 is 2.61 bits per heavy atom. The summed E-state index contributed by atoms with van der Waals surface area (Å²) >= 11 is 0. The third kappa shape index (κ3) is 3.80. The third-order valence-electron chi connectivity index (χ3n) is 3.70. The van der Waals surface area contributed by atoms with E-state index in [1.807, 2.05) is 14.1 Å².